The first-order valence-electron chi connectivity index (χ1n) is 6.45. The lowest BCUT2D eigenvalue weighted by molar-refractivity contribution is 0.392. The molecule has 2 heterocycles. The number of fused-ring (bicyclic) bond motifs is 1. The molecule has 6 heteroatoms. The third-order valence-corrected chi connectivity index (χ3v) is 4.15. The molecule has 108 valence electrons. The number of aromatic nitrogens is 2. The number of hydrogen-bond donors (Lipinski definition) is 1. The monoisotopic (exact) mass is 365 g/mol. The molecule has 0 atom stereocenters. The van der Waals surface area contributed by atoms with Gasteiger partial charge in [-0.15, -0.1) is 0 Å². The largest absolute Gasteiger partial charge is 0.380 e. The Kier molecular flexibility index (Phi) is 3.87. The topological polar surface area (TPSA) is 51.0 Å². The highest BCUT2D eigenvalue weighted by atomic mass is 79.9. The molecule has 0 saturated carbocycles. The molecule has 3 rings (SSSR count). The number of halogens is 2. The number of nitrogens with one attached hydrogen (secondary N) is 1. The van der Waals surface area contributed by atoms with Gasteiger partial charge in [-0.1, -0.05) is 32.7 Å². The molecule has 4 nitrogen and oxygen atoms in total. The van der Waals surface area contributed by atoms with Gasteiger partial charge in [-0.05, 0) is 32.0 Å². The van der Waals surface area contributed by atoms with Crippen molar-refractivity contribution in [2.45, 2.75) is 20.4 Å². The van der Waals surface area contributed by atoms with Gasteiger partial charge in [-0.25, -0.2) is 0 Å². The summed E-state index contributed by atoms with van der Waals surface area (Å²) in [5.74, 6) is 0.831. The van der Waals surface area contributed by atoms with E-state index in [4.69, 9.17) is 16.1 Å². The Morgan fingerprint density at radius 3 is 2.86 bits per heavy atom. The Hall–Kier alpha value is -1.59. The fraction of sp³-hybridized carbons (Fsp3) is 0.200. The number of hydrogen-bond acceptors (Lipinski definition) is 4. The molecule has 0 radical (unpaired) electrons. The Balaban J connectivity index is 1.98. The van der Waals surface area contributed by atoms with E-state index < -0.39 is 0 Å². The molecule has 1 aromatic carbocycles. The maximum absolute atomic E-state index is 6.24. The first-order chi connectivity index (χ1) is 10.1. The predicted molar refractivity (Wildman–Crippen MR) is 87.8 cm³/mol. The summed E-state index contributed by atoms with van der Waals surface area (Å²) in [6, 6.07) is 5.78. The summed E-state index contributed by atoms with van der Waals surface area (Å²) < 4.78 is 6.10. The molecule has 0 spiro atoms. The van der Waals surface area contributed by atoms with Gasteiger partial charge >= 0.3 is 0 Å². The molecule has 0 unspecified atom stereocenters. The molecule has 0 aliphatic rings. The summed E-state index contributed by atoms with van der Waals surface area (Å²) in [7, 11) is 0. The van der Waals surface area contributed by atoms with E-state index >= 15 is 0 Å². The Morgan fingerprint density at radius 2 is 2.14 bits per heavy atom. The minimum Gasteiger partial charge on any atom is -0.380 e. The lowest BCUT2D eigenvalue weighted by atomic mass is 10.1. The van der Waals surface area contributed by atoms with Crippen LogP contribution < -0.4 is 5.32 Å². The van der Waals surface area contributed by atoms with Crippen molar-refractivity contribution < 1.29 is 4.52 Å². The molecule has 0 saturated heterocycles. The van der Waals surface area contributed by atoms with Gasteiger partial charge in [0.2, 0.25) is 0 Å². The summed E-state index contributed by atoms with van der Waals surface area (Å²) in [6.45, 7) is 4.49. The van der Waals surface area contributed by atoms with Crippen LogP contribution in [0.25, 0.3) is 10.9 Å². The molecule has 21 heavy (non-hydrogen) atoms. The smallest absolute Gasteiger partial charge is 0.138 e. The number of anilines is 1. The minimum absolute atomic E-state index is 0.625. The van der Waals surface area contributed by atoms with Gasteiger partial charge in [-0.3, -0.25) is 4.98 Å². The molecule has 3 aromatic rings. The van der Waals surface area contributed by atoms with E-state index in [9.17, 15) is 0 Å². The Morgan fingerprint density at radius 1 is 1.33 bits per heavy atom. The number of aryl methyl sites for hydroxylation is 2. The second-order valence-corrected chi connectivity index (χ2v) is 6.12. The summed E-state index contributed by atoms with van der Waals surface area (Å²) in [5.41, 5.74) is 3.73. The van der Waals surface area contributed by atoms with Crippen LogP contribution in [0.3, 0.4) is 0 Å². The molecule has 0 fully saturated rings. The van der Waals surface area contributed by atoms with Gasteiger partial charge in [0.25, 0.3) is 0 Å². The van der Waals surface area contributed by atoms with E-state index in [2.05, 4.69) is 31.4 Å². The second kappa shape index (κ2) is 5.66. The average Bonchev–Trinajstić information content (AvgIpc) is 2.76. The van der Waals surface area contributed by atoms with Gasteiger partial charge in [0.15, 0.2) is 0 Å². The second-order valence-electron chi connectivity index (χ2n) is 4.80. The van der Waals surface area contributed by atoms with E-state index in [1.54, 1.807) is 6.20 Å². The van der Waals surface area contributed by atoms with Crippen molar-refractivity contribution in [3.63, 3.8) is 0 Å². The summed E-state index contributed by atoms with van der Waals surface area (Å²) in [5, 5.41) is 8.97. The zero-order valence-corrected chi connectivity index (χ0v) is 13.9. The van der Waals surface area contributed by atoms with E-state index in [1.807, 2.05) is 32.0 Å². The van der Waals surface area contributed by atoms with Crippen molar-refractivity contribution in [2.75, 3.05) is 5.32 Å². The lowest BCUT2D eigenvalue weighted by Gasteiger charge is -2.10. The molecule has 0 bridgehead atoms. The van der Waals surface area contributed by atoms with Crippen LogP contribution in [0.2, 0.25) is 5.02 Å². The maximum atomic E-state index is 6.24. The summed E-state index contributed by atoms with van der Waals surface area (Å²) in [6.07, 6.45) is 1.75. The van der Waals surface area contributed by atoms with Crippen LogP contribution in [0, 0.1) is 13.8 Å². The maximum Gasteiger partial charge on any atom is 0.138 e. The van der Waals surface area contributed by atoms with Crippen molar-refractivity contribution in [3.8, 4) is 0 Å². The average molecular weight is 367 g/mol. The zero-order valence-electron chi connectivity index (χ0n) is 11.6. The molecule has 1 N–H and O–H groups in total. The molecular formula is C15H13BrClN3O. The molecule has 0 aliphatic carbocycles. The number of nitrogens with zero attached hydrogens (tertiary/aromatic N) is 2. The van der Waals surface area contributed by atoms with Crippen molar-refractivity contribution in [1.29, 1.82) is 0 Å². The van der Waals surface area contributed by atoms with Crippen LogP contribution >= 0.6 is 27.5 Å². The van der Waals surface area contributed by atoms with Gasteiger partial charge in [-0.2, -0.15) is 0 Å². The van der Waals surface area contributed by atoms with Gasteiger partial charge < -0.3 is 9.84 Å². The number of benzene rings is 1. The highest BCUT2D eigenvalue weighted by Crippen LogP contribution is 2.31. The van der Waals surface area contributed by atoms with Crippen LogP contribution in [0.4, 0.5) is 5.69 Å². The fourth-order valence-corrected chi connectivity index (χ4v) is 3.13. The van der Waals surface area contributed by atoms with Crippen LogP contribution in [0.5, 0.6) is 0 Å². The summed E-state index contributed by atoms with van der Waals surface area (Å²) >= 11 is 9.70. The van der Waals surface area contributed by atoms with Gasteiger partial charge in [0.1, 0.15) is 5.76 Å². The zero-order chi connectivity index (χ0) is 15.0. The number of pyridine rings is 1. The first kappa shape index (κ1) is 14.4. The SMILES string of the molecule is Cc1noc(C)c1CNc1ccnc2c(Cl)cc(Br)cc12. The third kappa shape index (κ3) is 2.76. The van der Waals surface area contributed by atoms with Crippen LogP contribution in [-0.2, 0) is 6.54 Å². The minimum atomic E-state index is 0.625. The van der Waals surface area contributed by atoms with E-state index in [-0.39, 0.29) is 0 Å². The van der Waals surface area contributed by atoms with E-state index in [0.717, 1.165) is 38.1 Å². The first-order valence-corrected chi connectivity index (χ1v) is 7.62. The third-order valence-electron chi connectivity index (χ3n) is 3.40. The quantitative estimate of drug-likeness (QED) is 0.718. The Bertz CT molecular complexity index is 797. The van der Waals surface area contributed by atoms with Crippen molar-refractivity contribution in [1.82, 2.24) is 10.1 Å². The lowest BCUT2D eigenvalue weighted by Crippen LogP contribution is -2.02. The fourth-order valence-electron chi connectivity index (χ4n) is 2.27. The highest BCUT2D eigenvalue weighted by Gasteiger charge is 2.11. The van der Waals surface area contributed by atoms with E-state index in [1.165, 1.54) is 0 Å². The molecule has 0 amide bonds. The van der Waals surface area contributed by atoms with Crippen molar-refractivity contribution in [2.24, 2.45) is 0 Å². The van der Waals surface area contributed by atoms with E-state index in [0.29, 0.717) is 11.6 Å². The standard InChI is InChI=1S/C15H13BrClN3O/c1-8-12(9(2)21-20-8)7-19-14-3-4-18-15-11(14)5-10(16)6-13(15)17/h3-6H,7H2,1-2H3,(H,18,19). The van der Waals surface area contributed by atoms with Crippen LogP contribution in [0.15, 0.2) is 33.4 Å². The van der Waals surface area contributed by atoms with Gasteiger partial charge in [0, 0.05) is 33.9 Å². The normalized spacial score (nSPS) is 11.0. The molecular weight excluding hydrogens is 354 g/mol. The van der Waals surface area contributed by atoms with Gasteiger partial charge in [0.05, 0.1) is 16.2 Å². The van der Waals surface area contributed by atoms with Crippen LogP contribution in [-0.4, -0.2) is 10.1 Å². The summed E-state index contributed by atoms with van der Waals surface area (Å²) in [4.78, 5) is 4.34. The van der Waals surface area contributed by atoms with Crippen LogP contribution in [0.1, 0.15) is 17.0 Å². The highest BCUT2D eigenvalue weighted by molar-refractivity contribution is 9.10. The molecule has 2 aromatic heterocycles. The Labute approximate surface area is 135 Å². The predicted octanol–water partition coefficient (Wildman–Crippen LogP) is 4.87. The number of rotatable bonds is 3. The molecule has 0 aliphatic heterocycles. The van der Waals surface area contributed by atoms with Crippen molar-refractivity contribution in [3.05, 3.63) is 50.9 Å². The van der Waals surface area contributed by atoms with Crippen molar-refractivity contribution >= 4 is 44.1 Å².